The van der Waals surface area contributed by atoms with Gasteiger partial charge in [-0.3, -0.25) is 4.90 Å². The highest BCUT2D eigenvalue weighted by molar-refractivity contribution is 5.73. The van der Waals surface area contributed by atoms with E-state index in [1.807, 2.05) is 42.5 Å². The van der Waals surface area contributed by atoms with E-state index in [-0.39, 0.29) is 12.1 Å². The Bertz CT molecular complexity index is 958. The van der Waals surface area contributed by atoms with E-state index in [0.717, 1.165) is 68.2 Å². The lowest BCUT2D eigenvalue weighted by Gasteiger charge is -2.44. The molecule has 1 N–H and O–H groups in total. The highest BCUT2D eigenvalue weighted by Gasteiger charge is 2.47. The minimum atomic E-state index is -0.796. The number of benzene rings is 2. The molecule has 0 aromatic heterocycles. The molecule has 2 aromatic carbocycles. The summed E-state index contributed by atoms with van der Waals surface area (Å²) in [7, 11) is 1.64. The maximum absolute atomic E-state index is 13.1. The zero-order chi connectivity index (χ0) is 26.0. The molecule has 0 aliphatic carbocycles. The van der Waals surface area contributed by atoms with Crippen molar-refractivity contribution in [2.24, 2.45) is 5.41 Å². The molecule has 3 atom stereocenters. The average molecular weight is 494 g/mol. The van der Waals surface area contributed by atoms with Crippen molar-refractivity contribution in [3.63, 3.8) is 0 Å². The molecule has 196 valence electrons. The highest BCUT2D eigenvalue weighted by Crippen LogP contribution is 2.50. The molecule has 1 aliphatic rings. The fourth-order valence-electron chi connectivity index (χ4n) is 5.38. The van der Waals surface area contributed by atoms with Crippen molar-refractivity contribution < 1.29 is 19.4 Å². The van der Waals surface area contributed by atoms with Crippen LogP contribution in [0.15, 0.2) is 66.9 Å². The standard InChI is InChI=1S/C31H43NO4/c1-5-7-9-13-21-31(20-8-6-2,29(33)26-16-18-28(35-4)19-17-26)24(3)32-27(23-36-30(32)34)22-25-14-11-10-12-15-25/h10-12,14-19,27,29,33H,3,5-9,13,20-23H2,1-2,4H3/t27-,29-,31-/m0/s1. The second kappa shape index (κ2) is 13.5. The normalized spacial score (nSPS) is 17.9. The molecule has 2 aromatic rings. The summed E-state index contributed by atoms with van der Waals surface area (Å²) in [5.41, 5.74) is 1.97. The lowest BCUT2D eigenvalue weighted by Crippen LogP contribution is -2.44. The van der Waals surface area contributed by atoms with Crippen LogP contribution < -0.4 is 4.74 Å². The fraction of sp³-hybridized carbons (Fsp3) is 0.516. The van der Waals surface area contributed by atoms with E-state index in [4.69, 9.17) is 9.47 Å². The Morgan fingerprint density at radius 3 is 2.36 bits per heavy atom. The number of methoxy groups -OCH3 is 1. The summed E-state index contributed by atoms with van der Waals surface area (Å²) in [5, 5.41) is 12.0. The molecule has 0 saturated carbocycles. The second-order valence-electron chi connectivity index (χ2n) is 9.98. The van der Waals surface area contributed by atoms with Gasteiger partial charge in [0.25, 0.3) is 0 Å². The van der Waals surface area contributed by atoms with Crippen LogP contribution in [0.3, 0.4) is 0 Å². The number of unbranched alkanes of at least 4 members (excludes halogenated alkanes) is 4. The minimum absolute atomic E-state index is 0.146. The lowest BCUT2D eigenvalue weighted by atomic mass is 9.68. The van der Waals surface area contributed by atoms with Gasteiger partial charge in [0.05, 0.1) is 19.3 Å². The maximum Gasteiger partial charge on any atom is 0.414 e. The first kappa shape index (κ1) is 27.8. The largest absolute Gasteiger partial charge is 0.497 e. The van der Waals surface area contributed by atoms with Gasteiger partial charge >= 0.3 is 6.09 Å². The minimum Gasteiger partial charge on any atom is -0.497 e. The SMILES string of the molecule is C=C(N1C(=O)OC[C@@H]1Cc1ccccc1)[C@](CCCC)(CCCCCC)[C@@H](O)c1ccc(OC)cc1. The number of rotatable bonds is 15. The van der Waals surface area contributed by atoms with Crippen LogP contribution in [0.25, 0.3) is 0 Å². The van der Waals surface area contributed by atoms with Crippen molar-refractivity contribution in [3.8, 4) is 5.75 Å². The summed E-state index contributed by atoms with van der Waals surface area (Å²) in [4.78, 5) is 14.8. The molecule has 3 rings (SSSR count). The van der Waals surface area contributed by atoms with Crippen LogP contribution in [0, 0.1) is 5.41 Å². The second-order valence-corrected chi connectivity index (χ2v) is 9.98. The molecular formula is C31H43NO4. The third-order valence-corrected chi connectivity index (χ3v) is 7.55. The van der Waals surface area contributed by atoms with Crippen LogP contribution in [-0.4, -0.2) is 35.9 Å². The van der Waals surface area contributed by atoms with Gasteiger partial charge in [-0.05, 0) is 42.5 Å². The van der Waals surface area contributed by atoms with Gasteiger partial charge in [0.15, 0.2) is 0 Å². The van der Waals surface area contributed by atoms with Crippen molar-refractivity contribution in [1.82, 2.24) is 4.90 Å². The molecule has 1 fully saturated rings. The van der Waals surface area contributed by atoms with Crippen LogP contribution in [0.5, 0.6) is 5.75 Å². The van der Waals surface area contributed by atoms with Crippen LogP contribution in [0.2, 0.25) is 0 Å². The predicted octanol–water partition coefficient (Wildman–Crippen LogP) is 7.45. The van der Waals surface area contributed by atoms with Gasteiger partial charge in [-0.15, -0.1) is 0 Å². The number of cyclic esters (lactones) is 1. The molecule has 0 radical (unpaired) electrons. The number of aliphatic hydroxyl groups is 1. The van der Waals surface area contributed by atoms with Crippen LogP contribution >= 0.6 is 0 Å². The summed E-state index contributed by atoms with van der Waals surface area (Å²) in [6.45, 7) is 9.21. The number of hydrogen-bond acceptors (Lipinski definition) is 4. The molecule has 5 nitrogen and oxygen atoms in total. The summed E-state index contributed by atoms with van der Waals surface area (Å²) in [5.74, 6) is 0.748. The Morgan fingerprint density at radius 1 is 1.06 bits per heavy atom. The lowest BCUT2D eigenvalue weighted by molar-refractivity contribution is 0.0144. The Labute approximate surface area is 217 Å². The smallest absolute Gasteiger partial charge is 0.414 e. The molecule has 0 spiro atoms. The summed E-state index contributed by atoms with van der Waals surface area (Å²) in [6, 6.07) is 17.6. The molecule has 1 heterocycles. The Kier molecular flexibility index (Phi) is 10.4. The van der Waals surface area contributed by atoms with Crippen LogP contribution in [0.1, 0.15) is 82.4 Å². The van der Waals surface area contributed by atoms with Crippen molar-refractivity contribution >= 4 is 6.09 Å². The van der Waals surface area contributed by atoms with Crippen LogP contribution in [0.4, 0.5) is 4.79 Å². The first-order valence-corrected chi connectivity index (χ1v) is 13.5. The number of nitrogens with zero attached hydrogens (tertiary/aromatic N) is 1. The zero-order valence-corrected chi connectivity index (χ0v) is 22.2. The third-order valence-electron chi connectivity index (χ3n) is 7.55. The fourth-order valence-corrected chi connectivity index (χ4v) is 5.38. The van der Waals surface area contributed by atoms with Crippen molar-refractivity contribution in [3.05, 3.63) is 78.0 Å². The molecule has 1 saturated heterocycles. The Morgan fingerprint density at radius 2 is 1.72 bits per heavy atom. The van der Waals surface area contributed by atoms with Gasteiger partial charge in [-0.2, -0.15) is 0 Å². The molecule has 1 aliphatic heterocycles. The Hall–Kier alpha value is -2.79. The number of ether oxygens (including phenoxy) is 2. The van der Waals surface area contributed by atoms with Gasteiger partial charge in [0.2, 0.25) is 0 Å². The van der Waals surface area contributed by atoms with E-state index < -0.39 is 11.5 Å². The van der Waals surface area contributed by atoms with E-state index in [1.165, 1.54) is 0 Å². The number of amides is 1. The van der Waals surface area contributed by atoms with Crippen molar-refractivity contribution in [1.29, 1.82) is 0 Å². The number of hydrogen-bond donors (Lipinski definition) is 1. The van der Waals surface area contributed by atoms with Gasteiger partial charge in [0, 0.05) is 11.1 Å². The van der Waals surface area contributed by atoms with Gasteiger partial charge in [-0.25, -0.2) is 4.79 Å². The maximum atomic E-state index is 13.1. The van der Waals surface area contributed by atoms with E-state index in [1.54, 1.807) is 12.0 Å². The van der Waals surface area contributed by atoms with Crippen molar-refractivity contribution in [2.75, 3.05) is 13.7 Å². The summed E-state index contributed by atoms with van der Waals surface area (Å²) in [6.07, 6.45) is 7.32. The van der Waals surface area contributed by atoms with Gasteiger partial charge in [-0.1, -0.05) is 101 Å². The molecule has 5 heteroatoms. The number of aliphatic hydroxyl groups excluding tert-OH is 1. The molecule has 1 amide bonds. The highest BCUT2D eigenvalue weighted by atomic mass is 16.6. The first-order chi connectivity index (χ1) is 17.5. The van der Waals surface area contributed by atoms with Gasteiger partial charge < -0.3 is 14.6 Å². The molecule has 0 bridgehead atoms. The predicted molar refractivity (Wildman–Crippen MR) is 145 cm³/mol. The van der Waals surface area contributed by atoms with Gasteiger partial charge in [0.1, 0.15) is 12.4 Å². The molecular weight excluding hydrogens is 450 g/mol. The quantitative estimate of drug-likeness (QED) is 0.262. The summed E-state index contributed by atoms with van der Waals surface area (Å²) >= 11 is 0. The summed E-state index contributed by atoms with van der Waals surface area (Å²) < 4.78 is 10.9. The van der Waals surface area contributed by atoms with Crippen molar-refractivity contribution in [2.45, 2.75) is 83.8 Å². The van der Waals surface area contributed by atoms with E-state index in [2.05, 4.69) is 32.6 Å². The monoisotopic (exact) mass is 493 g/mol. The topological polar surface area (TPSA) is 59.0 Å². The van der Waals surface area contributed by atoms with E-state index >= 15 is 0 Å². The van der Waals surface area contributed by atoms with E-state index in [0.29, 0.717) is 18.7 Å². The first-order valence-electron chi connectivity index (χ1n) is 13.5. The Balaban J connectivity index is 1.99. The number of carbonyl (C=O) groups is 1. The van der Waals surface area contributed by atoms with Crippen LogP contribution in [-0.2, 0) is 11.2 Å². The zero-order valence-electron chi connectivity index (χ0n) is 22.2. The molecule has 36 heavy (non-hydrogen) atoms. The van der Waals surface area contributed by atoms with E-state index in [9.17, 15) is 9.90 Å². The average Bonchev–Trinajstić information content (AvgIpc) is 3.27. The third kappa shape index (κ3) is 6.50. The molecule has 0 unspecified atom stereocenters. The number of carbonyl (C=O) groups excluding carboxylic acids is 1.